The number of hydrogen-bond donors (Lipinski definition) is 2. The van der Waals surface area contributed by atoms with E-state index in [2.05, 4.69) is 30.6 Å². The molecule has 0 spiro atoms. The van der Waals surface area contributed by atoms with Crippen molar-refractivity contribution >= 4 is 11.4 Å². The molecule has 3 aliphatic rings. The lowest BCUT2D eigenvalue weighted by Gasteiger charge is -2.38. The highest BCUT2D eigenvalue weighted by molar-refractivity contribution is 6.22. The van der Waals surface area contributed by atoms with Crippen LogP contribution >= 0.6 is 0 Å². The third-order valence-corrected chi connectivity index (χ3v) is 4.49. The average Bonchev–Trinajstić information content (AvgIpc) is 2.81. The minimum atomic E-state index is -0.805. The van der Waals surface area contributed by atoms with Crippen molar-refractivity contribution in [3.8, 4) is 36.4 Å². The maximum absolute atomic E-state index is 9.35. The Hall–Kier alpha value is -5.56. The van der Waals surface area contributed by atoms with Crippen LogP contribution in [0.2, 0.25) is 0 Å². The van der Waals surface area contributed by atoms with Gasteiger partial charge in [-0.2, -0.15) is 31.6 Å². The Balaban J connectivity index is 2.08. The second-order valence-electron chi connectivity index (χ2n) is 5.97. The number of rotatable bonds is 0. The second-order valence-corrected chi connectivity index (χ2v) is 5.97. The van der Waals surface area contributed by atoms with E-state index in [0.717, 1.165) is 0 Å². The Bertz CT molecular complexity index is 1300. The Kier molecular flexibility index (Phi) is 3.90. The predicted octanol–water partition coefficient (Wildman–Crippen LogP) is -0.727. The molecule has 1 aromatic heterocycles. The van der Waals surface area contributed by atoms with Gasteiger partial charge in [0.15, 0.2) is 34.2 Å². The molecule has 0 bridgehead atoms. The smallest absolute Gasteiger partial charge is 0.177 e. The number of hydrogen-bond acceptors (Lipinski definition) is 12. The monoisotopic (exact) mass is 388 g/mol. The van der Waals surface area contributed by atoms with E-state index in [1.54, 1.807) is 12.1 Å². The van der Waals surface area contributed by atoms with Crippen molar-refractivity contribution < 1.29 is 0 Å². The quantitative estimate of drug-likeness (QED) is 0.567. The molecule has 2 unspecified atom stereocenters. The standard InChI is InChI=1S/C18H4N12/c19-1-7-8(2-20)26-14-13(25-7)15-17(29-10(4-22)9(3-21)27-15)18-16(14)28-11(5-23)12(6-24)30-18/h13,15,25,27H. The van der Waals surface area contributed by atoms with Crippen LogP contribution in [0.3, 0.4) is 0 Å². The summed E-state index contributed by atoms with van der Waals surface area (Å²) in [7, 11) is 0. The van der Waals surface area contributed by atoms with Gasteiger partial charge in [0.05, 0.1) is 23.5 Å². The van der Waals surface area contributed by atoms with E-state index in [1.165, 1.54) is 0 Å². The molecular formula is C18H4N12. The zero-order chi connectivity index (χ0) is 21.4. The zero-order valence-corrected chi connectivity index (χ0v) is 14.6. The van der Waals surface area contributed by atoms with E-state index in [9.17, 15) is 31.6 Å². The lowest BCUT2D eigenvalue weighted by Crippen LogP contribution is -2.61. The van der Waals surface area contributed by atoms with Gasteiger partial charge in [-0.05, 0) is 0 Å². The van der Waals surface area contributed by atoms with Crippen LogP contribution in [0.15, 0.2) is 32.8 Å². The summed E-state index contributed by atoms with van der Waals surface area (Å²) in [6, 6.07) is 9.29. The van der Waals surface area contributed by atoms with Crippen molar-refractivity contribution in [2.45, 2.75) is 12.1 Å². The molecule has 3 heterocycles. The Morgan fingerprint density at radius 3 is 1.27 bits per heavy atom. The fourth-order valence-electron chi connectivity index (χ4n) is 3.24. The maximum atomic E-state index is 9.35. The first-order chi connectivity index (χ1) is 14.6. The van der Waals surface area contributed by atoms with E-state index in [0.29, 0.717) is 0 Å². The van der Waals surface area contributed by atoms with Gasteiger partial charge in [-0.15, -0.1) is 0 Å². The highest BCUT2D eigenvalue weighted by atomic mass is 15.1. The van der Waals surface area contributed by atoms with Gasteiger partial charge in [0, 0.05) is 0 Å². The van der Waals surface area contributed by atoms with E-state index in [4.69, 9.17) is 0 Å². The molecule has 136 valence electrons. The van der Waals surface area contributed by atoms with Crippen LogP contribution in [-0.2, 0) is 0 Å². The van der Waals surface area contributed by atoms with Gasteiger partial charge in [0.2, 0.25) is 0 Å². The van der Waals surface area contributed by atoms with Gasteiger partial charge < -0.3 is 10.6 Å². The van der Waals surface area contributed by atoms with E-state index >= 15 is 0 Å². The van der Waals surface area contributed by atoms with E-state index in [1.807, 2.05) is 24.3 Å². The zero-order valence-electron chi connectivity index (χ0n) is 14.6. The SMILES string of the molecule is N#CC1=C(C#N)NC2C(=N1)c1nc(C#N)c(C#N)nc1C1=NC(C#N)=C(C#N)NC12. The first-order valence-electron chi connectivity index (χ1n) is 8.12. The molecule has 0 radical (unpaired) electrons. The fraction of sp³-hybridized carbons (Fsp3) is 0.111. The molecule has 2 N–H and O–H groups in total. The van der Waals surface area contributed by atoms with Crippen molar-refractivity contribution in [1.82, 2.24) is 20.6 Å². The molecule has 1 aromatic rings. The summed E-state index contributed by atoms with van der Waals surface area (Å²) in [5.41, 5.74) is -0.520. The van der Waals surface area contributed by atoms with Crippen molar-refractivity contribution in [2.75, 3.05) is 0 Å². The average molecular weight is 388 g/mol. The number of nitrogens with zero attached hydrogens (tertiary/aromatic N) is 10. The van der Waals surface area contributed by atoms with Crippen molar-refractivity contribution in [1.29, 1.82) is 31.6 Å². The predicted molar refractivity (Wildman–Crippen MR) is 94.9 cm³/mol. The largest absolute Gasteiger partial charge is 0.363 e. The molecule has 12 heteroatoms. The van der Waals surface area contributed by atoms with Crippen LogP contribution in [0.25, 0.3) is 0 Å². The van der Waals surface area contributed by atoms with Gasteiger partial charge in [0.1, 0.15) is 47.8 Å². The van der Waals surface area contributed by atoms with Gasteiger partial charge >= 0.3 is 0 Å². The third kappa shape index (κ3) is 2.34. The molecule has 0 saturated carbocycles. The van der Waals surface area contributed by atoms with Crippen LogP contribution in [-0.4, -0.2) is 33.5 Å². The van der Waals surface area contributed by atoms with Crippen LogP contribution < -0.4 is 10.6 Å². The summed E-state index contributed by atoms with van der Waals surface area (Å²) < 4.78 is 0. The molecule has 0 aromatic carbocycles. The number of nitrogens with one attached hydrogen (secondary N) is 2. The van der Waals surface area contributed by atoms with Crippen LogP contribution in [0, 0.1) is 68.0 Å². The number of nitriles is 6. The fourth-order valence-corrected chi connectivity index (χ4v) is 3.24. The maximum Gasteiger partial charge on any atom is 0.177 e. The first-order valence-corrected chi connectivity index (χ1v) is 8.12. The normalized spacial score (nSPS) is 20.5. The lowest BCUT2D eigenvalue weighted by atomic mass is 9.84. The molecule has 30 heavy (non-hydrogen) atoms. The molecular weight excluding hydrogens is 384 g/mol. The molecule has 2 atom stereocenters. The minimum Gasteiger partial charge on any atom is -0.363 e. The van der Waals surface area contributed by atoms with Gasteiger partial charge in [-0.3, -0.25) is 0 Å². The second kappa shape index (κ2) is 6.55. The molecule has 0 saturated heterocycles. The summed E-state index contributed by atoms with van der Waals surface area (Å²) in [6.07, 6.45) is 0. The number of fused-ring (bicyclic) bond motifs is 6. The summed E-state index contributed by atoms with van der Waals surface area (Å²) >= 11 is 0. The highest BCUT2D eigenvalue weighted by Crippen LogP contribution is 2.30. The molecule has 0 amide bonds. The van der Waals surface area contributed by atoms with E-state index in [-0.39, 0.29) is 57.0 Å². The van der Waals surface area contributed by atoms with Crippen LogP contribution in [0.4, 0.5) is 0 Å². The summed E-state index contributed by atoms with van der Waals surface area (Å²) in [5, 5.41) is 61.7. The molecule has 12 nitrogen and oxygen atoms in total. The minimum absolute atomic E-state index is 0.0855. The molecule has 2 aliphatic heterocycles. The van der Waals surface area contributed by atoms with Crippen LogP contribution in [0.1, 0.15) is 22.8 Å². The Labute approximate surface area is 168 Å². The van der Waals surface area contributed by atoms with Gasteiger partial charge in [-0.25, -0.2) is 20.0 Å². The third-order valence-electron chi connectivity index (χ3n) is 4.49. The molecule has 4 rings (SSSR count). The highest BCUT2D eigenvalue weighted by Gasteiger charge is 2.45. The first kappa shape index (κ1) is 17.8. The summed E-state index contributed by atoms with van der Waals surface area (Å²) in [5.74, 6) is 0. The number of aliphatic imine (C=N–C) groups is 2. The number of aromatic nitrogens is 2. The van der Waals surface area contributed by atoms with Crippen LogP contribution in [0.5, 0.6) is 0 Å². The van der Waals surface area contributed by atoms with Crippen molar-refractivity contribution in [3.63, 3.8) is 0 Å². The van der Waals surface area contributed by atoms with Crippen molar-refractivity contribution in [3.05, 3.63) is 45.6 Å². The van der Waals surface area contributed by atoms with Crippen molar-refractivity contribution in [2.24, 2.45) is 9.98 Å². The number of allylic oxidation sites excluding steroid dienone is 4. The van der Waals surface area contributed by atoms with E-state index < -0.39 is 12.1 Å². The van der Waals surface area contributed by atoms with Gasteiger partial charge in [-0.1, -0.05) is 0 Å². The Morgan fingerprint density at radius 2 is 0.967 bits per heavy atom. The van der Waals surface area contributed by atoms with Gasteiger partial charge in [0.25, 0.3) is 0 Å². The Morgan fingerprint density at radius 1 is 0.567 bits per heavy atom. The molecule has 1 aliphatic carbocycles. The molecule has 0 fully saturated rings. The summed E-state index contributed by atoms with van der Waals surface area (Å²) in [6.45, 7) is 0. The topological polar surface area (TPSA) is 217 Å². The lowest BCUT2D eigenvalue weighted by molar-refractivity contribution is 0.570. The summed E-state index contributed by atoms with van der Waals surface area (Å²) in [4.78, 5) is 16.8.